The number of alkyl halides is 3. The van der Waals surface area contributed by atoms with Gasteiger partial charge in [0.2, 0.25) is 5.91 Å². The van der Waals surface area contributed by atoms with Crippen molar-refractivity contribution in [2.75, 3.05) is 26.2 Å². The minimum atomic E-state index is -4.45. The molecule has 2 aromatic heterocycles. The largest absolute Gasteiger partial charge is 0.416 e. The van der Waals surface area contributed by atoms with Crippen LogP contribution in [0.3, 0.4) is 0 Å². The third-order valence-corrected chi connectivity index (χ3v) is 6.99. The number of carbonyl (C=O) groups excluding carboxylic acids is 2. The van der Waals surface area contributed by atoms with Crippen LogP contribution in [0.2, 0.25) is 0 Å². The molecule has 184 valence electrons. The minimum absolute atomic E-state index is 0.0413. The lowest BCUT2D eigenvalue weighted by Gasteiger charge is -2.37. The van der Waals surface area contributed by atoms with E-state index in [1.165, 1.54) is 12.1 Å². The first kappa shape index (κ1) is 23.3. The number of imidazole rings is 1. The van der Waals surface area contributed by atoms with Gasteiger partial charge in [-0.05, 0) is 62.1 Å². The van der Waals surface area contributed by atoms with E-state index in [0.29, 0.717) is 38.1 Å². The average molecular weight is 486 g/mol. The summed E-state index contributed by atoms with van der Waals surface area (Å²) in [7, 11) is 0. The van der Waals surface area contributed by atoms with Crippen molar-refractivity contribution in [2.45, 2.75) is 37.8 Å². The summed E-state index contributed by atoms with van der Waals surface area (Å²) in [5.74, 6) is 0.538. The Balaban J connectivity index is 1.18. The Morgan fingerprint density at radius 2 is 1.71 bits per heavy atom. The first-order valence-electron chi connectivity index (χ1n) is 11.9. The normalized spacial score (nSPS) is 19.8. The van der Waals surface area contributed by atoms with Gasteiger partial charge >= 0.3 is 6.18 Å². The number of nitrogens with zero attached hydrogens (tertiary/aromatic N) is 4. The van der Waals surface area contributed by atoms with E-state index >= 15 is 0 Å². The molecule has 1 unspecified atom stereocenters. The smallest absolute Gasteiger partial charge is 0.342 e. The molecule has 7 nitrogen and oxygen atoms in total. The summed E-state index contributed by atoms with van der Waals surface area (Å²) in [6.45, 7) is 2.02. The molecule has 2 aliphatic rings. The molecule has 10 heteroatoms. The van der Waals surface area contributed by atoms with Crippen molar-refractivity contribution in [1.82, 2.24) is 24.8 Å². The lowest BCUT2D eigenvalue weighted by Crippen LogP contribution is -2.48. The van der Waals surface area contributed by atoms with Crippen molar-refractivity contribution in [3.8, 4) is 0 Å². The van der Waals surface area contributed by atoms with Crippen LogP contribution < -0.4 is 0 Å². The number of aromatic amines is 1. The topological polar surface area (TPSA) is 82.2 Å². The second-order valence-corrected chi connectivity index (χ2v) is 9.26. The van der Waals surface area contributed by atoms with E-state index in [9.17, 15) is 22.8 Å². The number of likely N-dealkylation sites (tertiary alicyclic amines) is 2. The number of aromatic nitrogens is 3. The van der Waals surface area contributed by atoms with Crippen LogP contribution in [0.15, 0.2) is 42.6 Å². The summed E-state index contributed by atoms with van der Waals surface area (Å²) in [6.07, 6.45) is 0.248. The van der Waals surface area contributed by atoms with Crippen molar-refractivity contribution >= 4 is 23.0 Å². The fourth-order valence-electron chi connectivity index (χ4n) is 5.04. The highest BCUT2D eigenvalue weighted by molar-refractivity contribution is 5.94. The minimum Gasteiger partial charge on any atom is -0.342 e. The molecule has 0 aliphatic carbocycles. The number of hydrogen-bond donors (Lipinski definition) is 1. The van der Waals surface area contributed by atoms with E-state index < -0.39 is 11.7 Å². The molecule has 0 spiro atoms. The summed E-state index contributed by atoms with van der Waals surface area (Å²) < 4.78 is 38.4. The second kappa shape index (κ2) is 9.31. The number of nitrogens with one attached hydrogen (secondary N) is 1. The summed E-state index contributed by atoms with van der Waals surface area (Å²) in [6, 6.07) is 8.05. The van der Waals surface area contributed by atoms with Crippen molar-refractivity contribution < 1.29 is 22.8 Å². The Bertz CT molecular complexity index is 1180. The van der Waals surface area contributed by atoms with Crippen LogP contribution in [0.1, 0.15) is 53.3 Å². The van der Waals surface area contributed by atoms with Gasteiger partial charge in [-0.1, -0.05) is 0 Å². The van der Waals surface area contributed by atoms with Crippen LogP contribution in [-0.2, 0) is 11.0 Å². The average Bonchev–Trinajstić information content (AvgIpc) is 3.32. The second-order valence-electron chi connectivity index (χ2n) is 9.26. The third kappa shape index (κ3) is 4.87. The highest BCUT2D eigenvalue weighted by Crippen LogP contribution is 2.31. The van der Waals surface area contributed by atoms with Crippen LogP contribution in [0.25, 0.3) is 11.2 Å². The predicted molar refractivity (Wildman–Crippen MR) is 123 cm³/mol. The van der Waals surface area contributed by atoms with E-state index in [2.05, 4.69) is 15.0 Å². The lowest BCUT2D eigenvalue weighted by atomic mass is 9.92. The number of fused-ring (bicyclic) bond motifs is 1. The molecule has 4 heterocycles. The van der Waals surface area contributed by atoms with Crippen LogP contribution in [0.5, 0.6) is 0 Å². The predicted octanol–water partition coefficient (Wildman–Crippen LogP) is 4.24. The summed E-state index contributed by atoms with van der Waals surface area (Å²) in [5, 5.41) is 0. The maximum atomic E-state index is 13.2. The molecule has 2 saturated heterocycles. The van der Waals surface area contributed by atoms with E-state index in [1.807, 2.05) is 17.0 Å². The SMILES string of the molecule is O=C(c1ccc(C(F)(F)F)cc1)N1CCCC(C(=O)N2CCC(c3nc4ncccc4[nH]3)CC2)C1. The van der Waals surface area contributed by atoms with E-state index in [-0.39, 0.29) is 35.8 Å². The molecular weight excluding hydrogens is 459 g/mol. The van der Waals surface area contributed by atoms with Crippen molar-refractivity contribution in [2.24, 2.45) is 5.92 Å². The molecule has 2 amide bonds. The fourth-order valence-corrected chi connectivity index (χ4v) is 5.04. The Hall–Kier alpha value is -3.43. The number of pyridine rings is 1. The number of amides is 2. The van der Waals surface area contributed by atoms with Gasteiger partial charge in [-0.3, -0.25) is 9.59 Å². The highest BCUT2D eigenvalue weighted by Gasteiger charge is 2.34. The summed E-state index contributed by atoms with van der Waals surface area (Å²) in [5.41, 5.74) is 1.01. The van der Waals surface area contributed by atoms with Gasteiger partial charge in [-0.15, -0.1) is 0 Å². The van der Waals surface area contributed by atoms with Crippen LogP contribution >= 0.6 is 0 Å². The number of carbonyl (C=O) groups is 2. The highest BCUT2D eigenvalue weighted by atomic mass is 19.4. The zero-order valence-corrected chi connectivity index (χ0v) is 19.1. The van der Waals surface area contributed by atoms with Crippen LogP contribution in [-0.4, -0.2) is 62.7 Å². The van der Waals surface area contributed by atoms with Crippen LogP contribution in [0, 0.1) is 5.92 Å². The number of rotatable bonds is 3. The molecule has 3 aromatic rings. The quantitative estimate of drug-likeness (QED) is 0.602. The molecule has 0 saturated carbocycles. The number of H-pyrrole nitrogens is 1. The first-order valence-corrected chi connectivity index (χ1v) is 11.9. The summed E-state index contributed by atoms with van der Waals surface area (Å²) in [4.78, 5) is 41.8. The van der Waals surface area contributed by atoms with Crippen LogP contribution in [0.4, 0.5) is 13.2 Å². The molecule has 2 aliphatic heterocycles. The molecule has 0 radical (unpaired) electrons. The van der Waals surface area contributed by atoms with Gasteiger partial charge in [0, 0.05) is 43.9 Å². The lowest BCUT2D eigenvalue weighted by molar-refractivity contribution is -0.138. The van der Waals surface area contributed by atoms with Gasteiger partial charge in [-0.25, -0.2) is 9.97 Å². The first-order chi connectivity index (χ1) is 16.8. The van der Waals surface area contributed by atoms with E-state index in [0.717, 1.165) is 36.3 Å². The van der Waals surface area contributed by atoms with Gasteiger partial charge in [0.1, 0.15) is 5.82 Å². The standard InChI is InChI=1S/C25H26F3N5O2/c26-25(27,28)19-7-5-17(6-8-19)23(34)33-12-2-3-18(15-33)24(35)32-13-9-16(10-14-32)21-30-20-4-1-11-29-22(20)31-21/h1,4-8,11,16,18H,2-3,9-10,12-15H2,(H,29,30,31). The zero-order chi connectivity index (χ0) is 24.6. The Morgan fingerprint density at radius 1 is 0.971 bits per heavy atom. The number of hydrogen-bond acceptors (Lipinski definition) is 4. The number of halogens is 3. The molecule has 1 N–H and O–H groups in total. The number of benzene rings is 1. The number of piperidine rings is 2. The Labute approximate surface area is 200 Å². The third-order valence-electron chi connectivity index (χ3n) is 6.99. The van der Waals surface area contributed by atoms with Crippen molar-refractivity contribution in [3.63, 3.8) is 0 Å². The molecule has 1 aromatic carbocycles. The van der Waals surface area contributed by atoms with Gasteiger partial charge in [-0.2, -0.15) is 13.2 Å². The van der Waals surface area contributed by atoms with Gasteiger partial charge < -0.3 is 14.8 Å². The fraction of sp³-hybridized carbons (Fsp3) is 0.440. The van der Waals surface area contributed by atoms with Gasteiger partial charge in [0.25, 0.3) is 5.91 Å². The molecule has 2 fully saturated rings. The maximum absolute atomic E-state index is 13.2. The Morgan fingerprint density at radius 3 is 2.40 bits per heavy atom. The van der Waals surface area contributed by atoms with Crippen molar-refractivity contribution in [3.05, 3.63) is 59.5 Å². The molecule has 5 rings (SSSR count). The monoisotopic (exact) mass is 485 g/mol. The Kier molecular flexibility index (Phi) is 6.21. The maximum Gasteiger partial charge on any atom is 0.416 e. The van der Waals surface area contributed by atoms with E-state index in [1.54, 1.807) is 11.1 Å². The van der Waals surface area contributed by atoms with Crippen molar-refractivity contribution in [1.29, 1.82) is 0 Å². The molecule has 35 heavy (non-hydrogen) atoms. The molecular formula is C25H26F3N5O2. The van der Waals surface area contributed by atoms with E-state index in [4.69, 9.17) is 0 Å². The zero-order valence-electron chi connectivity index (χ0n) is 19.1. The van der Waals surface area contributed by atoms with Gasteiger partial charge in [0.05, 0.1) is 17.0 Å². The summed E-state index contributed by atoms with van der Waals surface area (Å²) >= 11 is 0. The molecule has 1 atom stereocenters. The molecule has 0 bridgehead atoms. The van der Waals surface area contributed by atoms with Gasteiger partial charge in [0.15, 0.2) is 5.65 Å².